The van der Waals surface area contributed by atoms with Crippen LogP contribution in [0.1, 0.15) is 63.5 Å². The van der Waals surface area contributed by atoms with E-state index in [0.29, 0.717) is 45.6 Å². The van der Waals surface area contributed by atoms with Crippen LogP contribution < -0.4 is 30.7 Å². The number of alkyl halides is 1. The van der Waals surface area contributed by atoms with Gasteiger partial charge >= 0.3 is 0 Å². The molecule has 6 aromatic rings. The van der Waals surface area contributed by atoms with Crippen molar-refractivity contribution in [1.82, 2.24) is 44.7 Å². The van der Waals surface area contributed by atoms with E-state index in [1.165, 1.54) is 51.8 Å². The van der Waals surface area contributed by atoms with Crippen molar-refractivity contribution in [2.24, 2.45) is 0 Å². The molecule has 18 heteroatoms. The zero-order valence-corrected chi connectivity index (χ0v) is 30.6. The summed E-state index contributed by atoms with van der Waals surface area (Å²) in [6.45, 7) is 3.15. The average Bonchev–Trinajstić information content (AvgIpc) is 3.80. The van der Waals surface area contributed by atoms with Crippen LogP contribution in [0.2, 0.25) is 0 Å². The van der Waals surface area contributed by atoms with E-state index in [-0.39, 0.29) is 43.0 Å². The number of anilines is 2. The minimum Gasteiger partial charge on any atom is -0.491 e. The zero-order chi connectivity index (χ0) is 39.1. The number of likely N-dealkylation sites (N-methyl/N-ethyl adjacent to an activating group) is 1. The number of aromatic nitrogens is 6. The second-order valence-corrected chi connectivity index (χ2v) is 13.9. The van der Waals surface area contributed by atoms with Gasteiger partial charge in [-0.3, -0.25) is 14.5 Å². The summed E-state index contributed by atoms with van der Waals surface area (Å²) >= 11 is 0. The van der Waals surface area contributed by atoms with E-state index in [1.807, 2.05) is 25.8 Å². The third kappa shape index (κ3) is 7.34. The monoisotopic (exact) mass is 769 g/mol. The van der Waals surface area contributed by atoms with Crippen molar-refractivity contribution in [1.29, 1.82) is 0 Å². The average molecular weight is 770 g/mol. The predicted molar refractivity (Wildman–Crippen MR) is 199 cm³/mol. The molecule has 56 heavy (non-hydrogen) atoms. The molecule has 4 N–H and O–H groups in total. The summed E-state index contributed by atoms with van der Waals surface area (Å²) in [4.78, 5) is 38.2. The van der Waals surface area contributed by atoms with E-state index < -0.39 is 54.4 Å². The highest BCUT2D eigenvalue weighted by atomic mass is 19.1. The summed E-state index contributed by atoms with van der Waals surface area (Å²) < 4.78 is 58.7. The molecular formula is C38H38F3N11O4. The number of nitrogens with one attached hydrogen (secondary N) is 4. The van der Waals surface area contributed by atoms with Crippen LogP contribution in [0, 0.1) is 11.6 Å². The maximum Gasteiger partial charge on any atom is 0.257 e. The Morgan fingerprint density at radius 3 is 2.29 bits per heavy atom. The van der Waals surface area contributed by atoms with Gasteiger partial charge in [0.2, 0.25) is 0 Å². The minimum absolute atomic E-state index is 0.0643. The van der Waals surface area contributed by atoms with Crippen LogP contribution in [0.3, 0.4) is 0 Å². The van der Waals surface area contributed by atoms with E-state index in [2.05, 4.69) is 36.4 Å². The van der Waals surface area contributed by atoms with Gasteiger partial charge in [0.25, 0.3) is 11.8 Å². The van der Waals surface area contributed by atoms with Crippen molar-refractivity contribution < 1.29 is 32.2 Å². The first-order valence-electron chi connectivity index (χ1n) is 18.0. The maximum atomic E-state index is 14.7. The van der Waals surface area contributed by atoms with Gasteiger partial charge < -0.3 is 30.7 Å². The van der Waals surface area contributed by atoms with Crippen LogP contribution in [-0.4, -0.2) is 91.5 Å². The van der Waals surface area contributed by atoms with Crippen molar-refractivity contribution in [3.8, 4) is 11.5 Å². The van der Waals surface area contributed by atoms with Gasteiger partial charge in [0.05, 0.1) is 42.8 Å². The van der Waals surface area contributed by atoms with E-state index in [1.54, 1.807) is 24.4 Å². The molecule has 290 valence electrons. The molecule has 2 aliphatic heterocycles. The molecule has 0 aliphatic carbocycles. The number of nitrogens with zero attached hydrogens (tertiary/aromatic N) is 7. The highest BCUT2D eigenvalue weighted by molar-refractivity contribution is 6.00. The van der Waals surface area contributed by atoms with Crippen molar-refractivity contribution in [2.45, 2.75) is 44.6 Å². The lowest BCUT2D eigenvalue weighted by Crippen LogP contribution is -2.42. The number of carbonyl (C=O) groups is 2. The van der Waals surface area contributed by atoms with Gasteiger partial charge in [-0.25, -0.2) is 32.2 Å². The third-order valence-corrected chi connectivity index (χ3v) is 9.70. The largest absolute Gasteiger partial charge is 0.491 e. The number of halogens is 3. The van der Waals surface area contributed by atoms with Gasteiger partial charge in [-0.2, -0.15) is 10.2 Å². The fourth-order valence-corrected chi connectivity index (χ4v) is 6.93. The minimum atomic E-state index is -0.995. The van der Waals surface area contributed by atoms with Gasteiger partial charge in [0.15, 0.2) is 11.3 Å². The molecule has 0 fully saturated rings. The second kappa shape index (κ2) is 15.0. The molecule has 0 unspecified atom stereocenters. The Balaban J connectivity index is 1.12. The molecule has 0 spiro atoms. The topological polar surface area (TPSA) is 164 Å². The molecule has 0 radical (unpaired) electrons. The molecule has 6 heterocycles. The van der Waals surface area contributed by atoms with Crippen LogP contribution in [0.15, 0.2) is 67.1 Å². The number of benzene rings is 2. The number of hydrogen-bond acceptors (Lipinski definition) is 11. The molecule has 4 aromatic heterocycles. The first-order chi connectivity index (χ1) is 27.0. The molecule has 15 nitrogen and oxygen atoms in total. The lowest BCUT2D eigenvalue weighted by atomic mass is 10.1. The summed E-state index contributed by atoms with van der Waals surface area (Å²) in [5.41, 5.74) is 2.59. The number of hydrogen-bond donors (Lipinski definition) is 4. The van der Waals surface area contributed by atoms with Crippen LogP contribution in [0.4, 0.5) is 24.8 Å². The lowest BCUT2D eigenvalue weighted by molar-refractivity contribution is 0.0901. The van der Waals surface area contributed by atoms with Crippen LogP contribution >= 0.6 is 0 Å². The summed E-state index contributed by atoms with van der Waals surface area (Å²) in [5, 5.41) is 20.9. The highest BCUT2D eigenvalue weighted by Crippen LogP contribution is 2.32. The highest BCUT2D eigenvalue weighted by Gasteiger charge is 2.26. The fourth-order valence-electron chi connectivity index (χ4n) is 6.93. The molecule has 8 rings (SSSR count). The summed E-state index contributed by atoms with van der Waals surface area (Å²) in [6, 6.07) is 9.87. The molecular weight excluding hydrogens is 731 g/mol. The fraction of sp³-hybridized carbons (Fsp3) is 0.316. The van der Waals surface area contributed by atoms with E-state index in [4.69, 9.17) is 14.5 Å². The van der Waals surface area contributed by atoms with Crippen molar-refractivity contribution in [3.63, 3.8) is 0 Å². The molecule has 4 atom stereocenters. The Kier molecular flexibility index (Phi) is 9.79. The van der Waals surface area contributed by atoms with Crippen molar-refractivity contribution in [2.75, 3.05) is 44.1 Å². The van der Waals surface area contributed by atoms with E-state index in [0.717, 1.165) is 0 Å². The van der Waals surface area contributed by atoms with Crippen molar-refractivity contribution in [3.05, 3.63) is 107 Å². The number of rotatable bonds is 5. The quantitative estimate of drug-likeness (QED) is 0.196. The van der Waals surface area contributed by atoms with Crippen LogP contribution in [0.5, 0.6) is 11.5 Å². The van der Waals surface area contributed by atoms with Gasteiger partial charge in [-0.15, -0.1) is 0 Å². The van der Waals surface area contributed by atoms with Gasteiger partial charge in [0.1, 0.15) is 65.3 Å². The SMILES string of the molecule is C[C@H]1Nc2cc(CN(C)C[C@H]3CNC(=O)c4cnn5ccc(nc45)N[C@H](C)c4cc(F)ccc4O3)n3ncc(c3n2)C(=O)N[C@H](CF)COc2ccc(F)cc21. The summed E-state index contributed by atoms with van der Waals surface area (Å²) in [7, 11) is 1.85. The van der Waals surface area contributed by atoms with Gasteiger partial charge in [-0.1, -0.05) is 0 Å². The molecule has 2 aromatic carbocycles. The lowest BCUT2D eigenvalue weighted by Gasteiger charge is -2.27. The first kappa shape index (κ1) is 36.5. The number of ether oxygens (including phenoxy) is 2. The smallest absolute Gasteiger partial charge is 0.257 e. The first-order valence-corrected chi connectivity index (χ1v) is 18.0. The normalized spacial score (nSPS) is 20.1. The Morgan fingerprint density at radius 1 is 0.839 bits per heavy atom. The van der Waals surface area contributed by atoms with Crippen molar-refractivity contribution >= 4 is 34.7 Å². The molecule has 2 amide bonds. The molecule has 0 saturated heterocycles. The molecule has 0 saturated carbocycles. The third-order valence-electron chi connectivity index (χ3n) is 9.70. The van der Waals surface area contributed by atoms with Gasteiger partial charge in [-0.05, 0) is 63.4 Å². The standard InChI is InChI=1S/C38H38F3N11O4/c1-20-27-10-22(40)4-6-31(27)55-19-24(13-39)47-38(54)30-16-44-52-25(12-34(46-20)49-36(30)52)17-50(3)18-26-14-42-37(53)29-15-43-51-9-8-33(48-35(29)51)45-21(2)28-11-23(41)5-7-32(28)56-26/h4-12,15-16,20-21,24,26H,13-14,17-19H2,1-3H3,(H,42,53)(H,45,48)(H,46,49)(H,47,54)/t20-,21-,24-,26-/m1/s1. The van der Waals surface area contributed by atoms with E-state index in [9.17, 15) is 22.8 Å². The number of carbonyl (C=O) groups excluding carboxylic acids is 2. The second-order valence-electron chi connectivity index (χ2n) is 13.9. The molecule has 4 bridgehead atoms. The Hall–Kier alpha value is -6.43. The van der Waals surface area contributed by atoms with Crippen LogP contribution in [0.25, 0.3) is 11.3 Å². The number of amides is 2. The Morgan fingerprint density at radius 2 is 1.52 bits per heavy atom. The van der Waals surface area contributed by atoms with E-state index >= 15 is 0 Å². The predicted octanol–water partition coefficient (Wildman–Crippen LogP) is 4.48. The Labute approximate surface area is 318 Å². The maximum absolute atomic E-state index is 14.7. The summed E-state index contributed by atoms with van der Waals surface area (Å²) in [6.07, 6.45) is 3.85. The Bertz CT molecular complexity index is 2460. The zero-order valence-electron chi connectivity index (χ0n) is 30.6. The summed E-state index contributed by atoms with van der Waals surface area (Å²) in [5.74, 6) is -0.325. The number of fused-ring (bicyclic) bond motifs is 4. The van der Waals surface area contributed by atoms with Crippen LogP contribution in [-0.2, 0) is 6.54 Å². The van der Waals surface area contributed by atoms with Gasteiger partial charge in [0, 0.05) is 36.5 Å². The molecule has 2 aliphatic rings.